The van der Waals surface area contributed by atoms with Crippen LogP contribution in [0.25, 0.3) is 11.2 Å². The van der Waals surface area contributed by atoms with E-state index in [0.29, 0.717) is 35.2 Å². The van der Waals surface area contributed by atoms with Crippen LogP contribution >= 0.6 is 0 Å². The lowest BCUT2D eigenvalue weighted by molar-refractivity contribution is -0.118. The van der Waals surface area contributed by atoms with Crippen molar-refractivity contribution in [1.82, 2.24) is 24.8 Å². The van der Waals surface area contributed by atoms with Gasteiger partial charge >= 0.3 is 0 Å². The topological polar surface area (TPSA) is 106 Å². The molecule has 9 nitrogen and oxygen atoms in total. The number of benzene rings is 1. The van der Waals surface area contributed by atoms with Gasteiger partial charge in [-0.1, -0.05) is 18.2 Å². The first-order valence-corrected chi connectivity index (χ1v) is 10.7. The van der Waals surface area contributed by atoms with E-state index in [0.717, 1.165) is 6.54 Å². The highest BCUT2D eigenvalue weighted by Crippen LogP contribution is 2.29. The molecule has 3 rings (SSSR count). The minimum absolute atomic E-state index is 0.0383. The van der Waals surface area contributed by atoms with Crippen LogP contribution in [0.1, 0.15) is 41.5 Å². The minimum atomic E-state index is -0.317. The van der Waals surface area contributed by atoms with Crippen LogP contribution in [0.15, 0.2) is 36.7 Å². The number of anilines is 2. The van der Waals surface area contributed by atoms with Crippen molar-refractivity contribution < 1.29 is 9.53 Å². The first-order valence-electron chi connectivity index (χ1n) is 10.7. The Bertz CT molecular complexity index is 1050. The summed E-state index contributed by atoms with van der Waals surface area (Å²) in [5.41, 5.74) is 0.941. The van der Waals surface area contributed by atoms with Crippen molar-refractivity contribution in [3.05, 3.63) is 36.7 Å². The third-order valence-electron chi connectivity index (χ3n) is 4.55. The average molecular weight is 440 g/mol. The Morgan fingerprint density at radius 1 is 1.03 bits per heavy atom. The van der Waals surface area contributed by atoms with Gasteiger partial charge in [0.05, 0.1) is 0 Å². The number of hydrogen-bond acceptors (Lipinski definition) is 7. The summed E-state index contributed by atoms with van der Waals surface area (Å²) in [4.78, 5) is 25.9. The van der Waals surface area contributed by atoms with Crippen LogP contribution in [0, 0.1) is 0 Å². The molecule has 3 aromatic rings. The Hall–Kier alpha value is -3.20. The van der Waals surface area contributed by atoms with Crippen LogP contribution in [0.3, 0.4) is 0 Å². The number of para-hydroxylation sites is 1. The second kappa shape index (κ2) is 9.52. The molecule has 2 heterocycles. The monoisotopic (exact) mass is 439 g/mol. The Morgan fingerprint density at radius 2 is 1.75 bits per heavy atom. The number of hydrogen-bond donors (Lipinski definition) is 3. The lowest BCUT2D eigenvalue weighted by Crippen LogP contribution is -2.39. The molecule has 1 aromatic carbocycles. The van der Waals surface area contributed by atoms with Gasteiger partial charge in [-0.05, 0) is 53.7 Å². The van der Waals surface area contributed by atoms with Crippen molar-refractivity contribution in [3.63, 3.8) is 0 Å². The maximum absolute atomic E-state index is 12.5. The highest BCUT2D eigenvalue weighted by molar-refractivity contribution is 5.98. The van der Waals surface area contributed by atoms with Gasteiger partial charge in [0, 0.05) is 24.2 Å². The number of ether oxygens (including phenoxy) is 1. The van der Waals surface area contributed by atoms with E-state index in [-0.39, 0.29) is 23.6 Å². The number of imidazole rings is 1. The molecule has 0 fully saturated rings. The zero-order valence-corrected chi connectivity index (χ0v) is 19.7. The molecular weight excluding hydrogens is 406 g/mol. The van der Waals surface area contributed by atoms with Crippen LogP contribution in [-0.4, -0.2) is 50.7 Å². The summed E-state index contributed by atoms with van der Waals surface area (Å²) in [6.45, 7) is 14.0. The van der Waals surface area contributed by atoms with Crippen molar-refractivity contribution in [2.75, 3.05) is 30.3 Å². The minimum Gasteiger partial charge on any atom is -0.484 e. The molecule has 3 N–H and O–H groups in total. The number of nitrogens with zero attached hydrogens (tertiary/aromatic N) is 4. The van der Waals surface area contributed by atoms with Crippen LogP contribution in [0.4, 0.5) is 11.8 Å². The quantitative estimate of drug-likeness (QED) is 0.462. The number of rotatable bonds is 8. The van der Waals surface area contributed by atoms with Crippen molar-refractivity contribution in [2.45, 2.75) is 52.6 Å². The van der Waals surface area contributed by atoms with E-state index in [9.17, 15) is 4.79 Å². The van der Waals surface area contributed by atoms with Gasteiger partial charge in [0.25, 0.3) is 5.91 Å². The summed E-state index contributed by atoms with van der Waals surface area (Å²) in [6.07, 6.45) is 1.44. The normalized spacial score (nSPS) is 12.1. The number of nitrogens with one attached hydrogen (secondary N) is 3. The second-order valence-electron chi connectivity index (χ2n) is 9.59. The largest absolute Gasteiger partial charge is 0.484 e. The highest BCUT2D eigenvalue weighted by Gasteiger charge is 2.25. The van der Waals surface area contributed by atoms with Gasteiger partial charge in [0.1, 0.15) is 12.1 Å². The number of amides is 1. The first kappa shape index (κ1) is 23.5. The van der Waals surface area contributed by atoms with Gasteiger partial charge in [0.15, 0.2) is 23.6 Å². The third kappa shape index (κ3) is 6.16. The van der Waals surface area contributed by atoms with E-state index < -0.39 is 0 Å². The maximum atomic E-state index is 12.5. The Labute approximate surface area is 189 Å². The zero-order chi connectivity index (χ0) is 23.4. The fourth-order valence-electron chi connectivity index (χ4n) is 3.18. The highest BCUT2D eigenvalue weighted by atomic mass is 16.5. The zero-order valence-electron chi connectivity index (χ0n) is 19.7. The Morgan fingerprint density at radius 3 is 2.41 bits per heavy atom. The van der Waals surface area contributed by atoms with Crippen LogP contribution in [0.5, 0.6) is 5.75 Å². The second-order valence-corrected chi connectivity index (χ2v) is 9.59. The van der Waals surface area contributed by atoms with Crippen LogP contribution in [0.2, 0.25) is 0 Å². The summed E-state index contributed by atoms with van der Waals surface area (Å²) < 4.78 is 7.55. The summed E-state index contributed by atoms with van der Waals surface area (Å²) >= 11 is 0. The van der Waals surface area contributed by atoms with Crippen molar-refractivity contribution in [3.8, 4) is 5.75 Å². The Kier molecular flexibility index (Phi) is 6.98. The van der Waals surface area contributed by atoms with E-state index in [1.54, 1.807) is 12.1 Å². The molecule has 0 saturated carbocycles. The Balaban J connectivity index is 1.79. The molecule has 2 aromatic heterocycles. The number of carbonyl (C=O) groups is 1. The molecule has 0 bridgehead atoms. The smallest absolute Gasteiger partial charge is 0.263 e. The molecule has 0 aliphatic carbocycles. The molecule has 0 spiro atoms. The van der Waals surface area contributed by atoms with Crippen LogP contribution < -0.4 is 20.7 Å². The molecule has 0 radical (unpaired) electrons. The lowest BCUT2D eigenvalue weighted by atomic mass is 10.1. The third-order valence-corrected chi connectivity index (χ3v) is 4.55. The van der Waals surface area contributed by atoms with Crippen molar-refractivity contribution >= 4 is 28.8 Å². The first-order chi connectivity index (χ1) is 15.0. The number of carbonyl (C=O) groups excluding carboxylic acids is 1. The number of aromatic nitrogens is 4. The predicted molar refractivity (Wildman–Crippen MR) is 127 cm³/mol. The molecule has 0 saturated heterocycles. The molecule has 9 heteroatoms. The maximum Gasteiger partial charge on any atom is 0.263 e. The van der Waals surface area contributed by atoms with E-state index in [1.165, 1.54) is 6.33 Å². The van der Waals surface area contributed by atoms with E-state index >= 15 is 0 Å². The molecule has 0 atom stereocenters. The summed E-state index contributed by atoms with van der Waals surface area (Å²) in [6, 6.07) is 9.19. The SMILES string of the molecule is CC(C)(C)NCCNc1nc2c(NC(=O)COc3ccccc3)ncnc2n1C(C)(C)C. The van der Waals surface area contributed by atoms with Crippen molar-refractivity contribution in [1.29, 1.82) is 0 Å². The van der Waals surface area contributed by atoms with Gasteiger partial charge in [-0.15, -0.1) is 0 Å². The van der Waals surface area contributed by atoms with Gasteiger partial charge < -0.3 is 20.7 Å². The molecular formula is C23H33N7O2. The fourth-order valence-corrected chi connectivity index (χ4v) is 3.18. The van der Waals surface area contributed by atoms with E-state index in [4.69, 9.17) is 9.72 Å². The average Bonchev–Trinajstić information content (AvgIpc) is 3.10. The molecule has 0 unspecified atom stereocenters. The lowest BCUT2D eigenvalue weighted by Gasteiger charge is -2.25. The molecule has 0 aliphatic rings. The van der Waals surface area contributed by atoms with Gasteiger partial charge in [-0.3, -0.25) is 9.36 Å². The standard InChI is InChI=1S/C23H33N7O2/c1-22(2,3)27-13-12-24-21-29-18-19(25-15-26-20(18)30(21)23(4,5)6)28-17(31)14-32-16-10-8-7-9-11-16/h7-11,15,27H,12-14H2,1-6H3,(H,24,29)(H,25,26,28,31). The van der Waals surface area contributed by atoms with Gasteiger partial charge in [0.2, 0.25) is 5.95 Å². The van der Waals surface area contributed by atoms with E-state index in [1.807, 2.05) is 22.8 Å². The molecule has 32 heavy (non-hydrogen) atoms. The van der Waals surface area contributed by atoms with E-state index in [2.05, 4.69) is 67.5 Å². The number of fused-ring (bicyclic) bond motifs is 1. The molecule has 172 valence electrons. The summed E-state index contributed by atoms with van der Waals surface area (Å²) in [5.74, 6) is 1.35. The van der Waals surface area contributed by atoms with Gasteiger partial charge in [-0.2, -0.15) is 0 Å². The van der Waals surface area contributed by atoms with Crippen molar-refractivity contribution in [2.24, 2.45) is 0 Å². The molecule has 1 amide bonds. The van der Waals surface area contributed by atoms with Gasteiger partial charge in [-0.25, -0.2) is 15.0 Å². The molecule has 0 aliphatic heterocycles. The fraction of sp³-hybridized carbons (Fsp3) is 0.478. The van der Waals surface area contributed by atoms with Crippen LogP contribution in [-0.2, 0) is 10.3 Å². The predicted octanol–water partition coefficient (Wildman–Crippen LogP) is 3.40. The summed E-state index contributed by atoms with van der Waals surface area (Å²) in [5, 5.41) is 9.65. The summed E-state index contributed by atoms with van der Waals surface area (Å²) in [7, 11) is 0.